The first-order valence-corrected chi connectivity index (χ1v) is 49.7. The minimum atomic E-state index is -0.441. The van der Waals surface area contributed by atoms with Gasteiger partial charge in [-0.1, -0.05) is 170 Å². The third kappa shape index (κ3) is 13.3. The highest BCUT2D eigenvalue weighted by Gasteiger charge is 2.71. The fourth-order valence-corrected chi connectivity index (χ4v) is 30.5. The SMILES string of the molecule is CC(C)COC(=O)[C@@H]1CC2=CC(=O)CCC2(C)C2=C1C1=CC[C@@]3(C)CCC(=O)[C@@]13CC2.CC12C=CC(=O)C=C1C[C@@H](C(=O)OC1CCCC1)C1=C2CC[C@@]23C(=O)CC[C@]2(C)CC=C13.CCC(C)OC(=O)[C@@H]1CC2=CC(=O)CCC2(C)C2=C1C1=CC[C@@]3(C)CCC(=O)[C@@]13CC2.CCCCCCOC(=O)[C@@H]1CC2=CC(=O)CCC2(C)C2=C1C1=CC[C@@]3(C)CCC(=O)[C@@]13CC2. The van der Waals surface area contributed by atoms with E-state index in [0.717, 1.165) is 247 Å². The minimum absolute atomic E-state index is 0.00431. The number of hydrogen-bond donors (Lipinski definition) is 0. The molecule has 0 saturated heterocycles. The van der Waals surface area contributed by atoms with E-state index in [9.17, 15) is 57.5 Å². The van der Waals surface area contributed by atoms with Gasteiger partial charge in [-0.2, -0.15) is 0 Å². The average molecular weight is 1730 g/mol. The Kier molecular flexibility index (Phi) is 22.6. The van der Waals surface area contributed by atoms with Crippen LogP contribution in [-0.4, -0.2) is 95.6 Å². The third-order valence-corrected chi connectivity index (χ3v) is 38.4. The molecule has 0 aromatic rings. The maximum absolute atomic E-state index is 13.6. The van der Waals surface area contributed by atoms with Crippen LogP contribution in [0, 0.1) is 94.6 Å². The molecule has 17 atom stereocenters. The summed E-state index contributed by atoms with van der Waals surface area (Å²) in [7, 11) is 0. The summed E-state index contributed by atoms with van der Waals surface area (Å²) in [5, 5.41) is 0. The molecular weight excluding hydrogens is 1590 g/mol. The summed E-state index contributed by atoms with van der Waals surface area (Å²) >= 11 is 0. The highest BCUT2D eigenvalue weighted by Crippen LogP contribution is 2.76. The molecule has 678 valence electrons. The van der Waals surface area contributed by atoms with Crippen LogP contribution >= 0.6 is 0 Å². The van der Waals surface area contributed by atoms with Gasteiger partial charge in [-0.15, -0.1) is 0 Å². The first-order chi connectivity index (χ1) is 60.3. The molecule has 21 rings (SSSR count). The van der Waals surface area contributed by atoms with E-state index in [1.807, 2.05) is 39.8 Å². The van der Waals surface area contributed by atoms with Gasteiger partial charge in [-0.25, -0.2) is 0 Å². The average Bonchev–Trinajstić information content (AvgIpc) is 1.55. The number of allylic oxidation sites excluding steroid dienone is 22. The van der Waals surface area contributed by atoms with E-state index in [2.05, 4.69) is 86.6 Å². The topological polar surface area (TPSA) is 242 Å². The second kappa shape index (κ2) is 32.1. The van der Waals surface area contributed by atoms with Gasteiger partial charge in [0.2, 0.25) is 0 Å². The highest BCUT2D eigenvalue weighted by atomic mass is 16.6. The third-order valence-electron chi connectivity index (χ3n) is 38.4. The van der Waals surface area contributed by atoms with Crippen molar-refractivity contribution in [2.45, 2.75) is 353 Å². The van der Waals surface area contributed by atoms with Crippen LogP contribution in [0.5, 0.6) is 0 Å². The van der Waals surface area contributed by atoms with Gasteiger partial charge in [0.25, 0.3) is 0 Å². The first-order valence-electron chi connectivity index (χ1n) is 49.7. The zero-order chi connectivity index (χ0) is 90.1. The summed E-state index contributed by atoms with van der Waals surface area (Å²) in [5.74, 6) is -0.115. The molecule has 0 aliphatic heterocycles. The van der Waals surface area contributed by atoms with Gasteiger partial charge in [-0.3, -0.25) is 57.5 Å². The number of Topliss-reactive ketones (excluding diaryl/α,β-unsaturated/α-hetero) is 4. The predicted molar refractivity (Wildman–Crippen MR) is 484 cm³/mol. The van der Waals surface area contributed by atoms with Gasteiger partial charge in [0.1, 0.15) is 29.2 Å². The Bertz CT molecular complexity index is 5310. The monoisotopic (exact) mass is 1730 g/mol. The summed E-state index contributed by atoms with van der Waals surface area (Å²) in [6.45, 7) is 29.1. The van der Waals surface area contributed by atoms with E-state index in [4.69, 9.17) is 18.9 Å². The number of hydrogen-bond acceptors (Lipinski definition) is 16. The molecule has 0 radical (unpaired) electrons. The molecular formula is C111H138O16. The van der Waals surface area contributed by atoms with Crippen molar-refractivity contribution in [1.82, 2.24) is 0 Å². The van der Waals surface area contributed by atoms with E-state index < -0.39 is 45.3 Å². The maximum Gasteiger partial charge on any atom is 0.314 e. The summed E-state index contributed by atoms with van der Waals surface area (Å²) in [4.78, 5) is 157. The first kappa shape index (κ1) is 89.5. The van der Waals surface area contributed by atoms with Crippen LogP contribution in [0.3, 0.4) is 0 Å². The maximum atomic E-state index is 13.6. The number of ketones is 8. The lowest BCUT2D eigenvalue weighted by atomic mass is 9.50. The summed E-state index contributed by atoms with van der Waals surface area (Å²) in [6.07, 6.45) is 51.9. The van der Waals surface area contributed by atoms with Crippen molar-refractivity contribution in [1.29, 1.82) is 0 Å². The normalized spacial score (nSPS) is 39.1. The molecule has 0 heterocycles. The number of carbonyl (C=O) groups is 12. The van der Waals surface area contributed by atoms with Crippen LogP contribution < -0.4 is 0 Å². The molecule has 16 heteroatoms. The van der Waals surface area contributed by atoms with Gasteiger partial charge in [0, 0.05) is 66.6 Å². The molecule has 5 unspecified atom stereocenters. The Balaban J connectivity index is 0.000000115. The Morgan fingerprint density at radius 2 is 0.756 bits per heavy atom. The van der Waals surface area contributed by atoms with E-state index in [-0.39, 0.29) is 108 Å². The van der Waals surface area contributed by atoms with Crippen molar-refractivity contribution < 1.29 is 76.5 Å². The number of esters is 4. The van der Waals surface area contributed by atoms with Crippen LogP contribution in [0.15, 0.2) is 150 Å². The van der Waals surface area contributed by atoms with Gasteiger partial charge in [-0.05, 0) is 303 Å². The number of ether oxygens (including phenoxy) is 4. The summed E-state index contributed by atoms with van der Waals surface area (Å²) in [5.41, 5.74) is 15.7. The molecule has 5 saturated carbocycles. The number of fused-ring (bicyclic) bond motifs is 12. The van der Waals surface area contributed by atoms with Crippen molar-refractivity contribution in [2.24, 2.45) is 94.6 Å². The smallest absolute Gasteiger partial charge is 0.314 e. The summed E-state index contributed by atoms with van der Waals surface area (Å²) < 4.78 is 23.4. The van der Waals surface area contributed by atoms with Crippen molar-refractivity contribution in [3.63, 3.8) is 0 Å². The fourth-order valence-electron chi connectivity index (χ4n) is 30.5. The Morgan fingerprint density at radius 1 is 0.394 bits per heavy atom. The van der Waals surface area contributed by atoms with Crippen LogP contribution in [0.1, 0.15) is 340 Å². The number of carbonyl (C=O) groups excluding carboxylic acids is 12. The van der Waals surface area contributed by atoms with Crippen molar-refractivity contribution in [3.8, 4) is 0 Å². The molecule has 0 N–H and O–H groups in total. The lowest BCUT2D eigenvalue weighted by molar-refractivity contribution is -0.153. The van der Waals surface area contributed by atoms with E-state index >= 15 is 0 Å². The molecule has 4 spiro atoms. The van der Waals surface area contributed by atoms with Crippen LogP contribution in [0.25, 0.3) is 0 Å². The van der Waals surface area contributed by atoms with Crippen molar-refractivity contribution in [2.75, 3.05) is 13.2 Å². The van der Waals surface area contributed by atoms with Gasteiger partial charge < -0.3 is 18.9 Å². The standard InChI is InChI=1S/C29H38O4.C28H32O4.2C27H34O4/c1-4-5-6-7-16-33-26(32)21-18-19-17-20(30)8-14-28(19,3)22-10-15-29-23(25(21)22)9-12-27(29,2)13-11-24(29)31;1-26-11-8-22-24-20(25(31)32-19-5-3-4-6-19)16-17-15-18(29)7-13-27(17,2)21(24)9-14-28(22,26)23(30)10-12-26;1-16(2)15-31-24(30)19-14-17-13-18(28)5-11-26(17,4)20-7-12-27-21(23(19)20)6-9-25(27,3)10-8-22(27)29;1-5-16(2)31-24(30)19-15-17-14-18(28)6-12-26(17,4)20-8-13-27-21(23(19)20)7-10-25(27,3)11-9-22(27)29/h9,17,21H,4-8,10-16,18H2,1-3H3;7-8,13,15,19-20H,3-6,9-12,14,16H2,1-2H3;6,13,16,19H,5,7-12,14-15H2,1-4H3;7,14,16,19H,5-6,8-13,15H2,1-4H3/t21-,27+,28?,29-;20-,26+,27?,28-;19-,25+,26?,27-;16?,19-,25+,26?,27-/m1111/s1. The predicted octanol–water partition coefficient (Wildman–Crippen LogP) is 22.2. The molecule has 21 aliphatic rings. The van der Waals surface area contributed by atoms with Gasteiger partial charge in [0.05, 0.1) is 64.6 Å². The lowest BCUT2D eigenvalue weighted by Gasteiger charge is -2.52. The fraction of sp³-hybridized carbons (Fsp3) is 0.658. The molecule has 0 aromatic heterocycles. The van der Waals surface area contributed by atoms with Crippen LogP contribution in [0.2, 0.25) is 0 Å². The largest absolute Gasteiger partial charge is 0.465 e. The van der Waals surface area contributed by atoms with Crippen LogP contribution in [-0.2, 0) is 76.5 Å². The molecule has 21 aliphatic carbocycles. The Labute approximate surface area is 752 Å². The van der Waals surface area contributed by atoms with E-state index in [1.165, 1.54) is 22.3 Å². The van der Waals surface area contributed by atoms with Gasteiger partial charge in [0.15, 0.2) is 23.1 Å². The lowest BCUT2D eigenvalue weighted by Crippen LogP contribution is -2.47. The highest BCUT2D eigenvalue weighted by molar-refractivity contribution is 6.04. The van der Waals surface area contributed by atoms with Crippen LogP contribution in [0.4, 0.5) is 0 Å². The zero-order valence-electron chi connectivity index (χ0n) is 78.3. The summed E-state index contributed by atoms with van der Waals surface area (Å²) in [6, 6.07) is 0. The Hall–Kier alpha value is -8.14. The molecule has 0 bridgehead atoms. The van der Waals surface area contributed by atoms with Gasteiger partial charge >= 0.3 is 23.9 Å². The van der Waals surface area contributed by atoms with Crippen molar-refractivity contribution in [3.05, 3.63) is 150 Å². The second-order valence-corrected chi connectivity index (χ2v) is 45.2. The minimum Gasteiger partial charge on any atom is -0.465 e. The number of rotatable bonds is 14. The van der Waals surface area contributed by atoms with E-state index in [0.29, 0.717) is 107 Å². The number of unbranched alkanes of at least 4 members (excludes halogenated alkanes) is 3. The molecule has 5 fully saturated rings. The molecule has 127 heavy (non-hydrogen) atoms. The molecule has 0 aromatic carbocycles. The van der Waals surface area contributed by atoms with E-state index in [1.54, 1.807) is 24.3 Å². The quantitative estimate of drug-likeness (QED) is 0.0892. The molecule has 16 nitrogen and oxygen atoms in total. The second-order valence-electron chi connectivity index (χ2n) is 45.2. The van der Waals surface area contributed by atoms with Crippen molar-refractivity contribution >= 4 is 70.1 Å². The Morgan fingerprint density at radius 3 is 1.14 bits per heavy atom. The molecule has 0 amide bonds. The zero-order valence-corrected chi connectivity index (χ0v) is 78.3.